The molecule has 0 aromatic carbocycles. The van der Waals surface area contributed by atoms with Gasteiger partial charge in [0.1, 0.15) is 5.03 Å². The Hall–Kier alpha value is -0.160. The zero-order valence-corrected chi connectivity index (χ0v) is 10.9. The van der Waals surface area contributed by atoms with Gasteiger partial charge in [-0.15, -0.1) is 11.8 Å². The SMILES string of the molecule is CC(C)CSc1nc(NN)c(Cl)cc1Cl. The van der Waals surface area contributed by atoms with E-state index in [4.69, 9.17) is 29.0 Å². The first-order valence-electron chi connectivity index (χ1n) is 4.50. The normalized spacial score (nSPS) is 10.8. The molecule has 3 N–H and O–H groups in total. The van der Waals surface area contributed by atoms with E-state index in [1.54, 1.807) is 17.8 Å². The van der Waals surface area contributed by atoms with Crippen molar-refractivity contribution in [1.29, 1.82) is 0 Å². The van der Waals surface area contributed by atoms with Crippen LogP contribution < -0.4 is 11.3 Å². The van der Waals surface area contributed by atoms with Gasteiger partial charge in [0, 0.05) is 5.75 Å². The van der Waals surface area contributed by atoms with Crippen LogP contribution in [0.1, 0.15) is 13.8 Å². The van der Waals surface area contributed by atoms with Crippen LogP contribution >= 0.6 is 35.0 Å². The van der Waals surface area contributed by atoms with Gasteiger partial charge in [-0.3, -0.25) is 0 Å². The quantitative estimate of drug-likeness (QED) is 0.498. The molecule has 0 fully saturated rings. The Morgan fingerprint density at radius 1 is 1.47 bits per heavy atom. The Balaban J connectivity index is 2.87. The highest BCUT2D eigenvalue weighted by Crippen LogP contribution is 2.32. The molecule has 0 aliphatic carbocycles. The molecule has 0 spiro atoms. The number of nitrogens with two attached hydrogens (primary N) is 1. The monoisotopic (exact) mass is 265 g/mol. The van der Waals surface area contributed by atoms with Gasteiger partial charge in [-0.2, -0.15) is 0 Å². The van der Waals surface area contributed by atoms with Gasteiger partial charge in [-0.05, 0) is 12.0 Å². The van der Waals surface area contributed by atoms with Crippen molar-refractivity contribution in [3.05, 3.63) is 16.1 Å². The van der Waals surface area contributed by atoms with E-state index in [0.717, 1.165) is 10.8 Å². The van der Waals surface area contributed by atoms with Crippen molar-refractivity contribution in [2.24, 2.45) is 11.8 Å². The maximum atomic E-state index is 6.01. The third-order valence-corrected chi connectivity index (χ3v) is 3.69. The van der Waals surface area contributed by atoms with Crippen molar-refractivity contribution in [2.75, 3.05) is 11.2 Å². The molecule has 0 saturated carbocycles. The fourth-order valence-corrected chi connectivity index (χ4v) is 2.32. The minimum absolute atomic E-state index is 0.427. The van der Waals surface area contributed by atoms with Crippen LogP contribution in [-0.2, 0) is 0 Å². The smallest absolute Gasteiger partial charge is 0.160 e. The number of halogens is 2. The minimum atomic E-state index is 0.427. The number of pyridine rings is 1. The maximum absolute atomic E-state index is 6.01. The van der Waals surface area contributed by atoms with Gasteiger partial charge in [-0.25, -0.2) is 10.8 Å². The highest BCUT2D eigenvalue weighted by atomic mass is 35.5. The number of anilines is 1. The van der Waals surface area contributed by atoms with Gasteiger partial charge in [0.05, 0.1) is 10.0 Å². The Bertz CT molecular complexity index is 344. The molecule has 0 atom stereocenters. The third-order valence-electron chi connectivity index (χ3n) is 1.59. The first-order valence-corrected chi connectivity index (χ1v) is 6.24. The van der Waals surface area contributed by atoms with E-state index in [0.29, 0.717) is 21.8 Å². The minimum Gasteiger partial charge on any atom is -0.307 e. The lowest BCUT2D eigenvalue weighted by molar-refractivity contribution is 0.749. The molecule has 3 nitrogen and oxygen atoms in total. The summed E-state index contributed by atoms with van der Waals surface area (Å²) < 4.78 is 0. The van der Waals surface area contributed by atoms with Gasteiger partial charge in [0.25, 0.3) is 0 Å². The van der Waals surface area contributed by atoms with Crippen LogP contribution in [0.15, 0.2) is 11.1 Å². The average molecular weight is 266 g/mol. The zero-order valence-electron chi connectivity index (χ0n) is 8.55. The second-order valence-electron chi connectivity index (χ2n) is 3.45. The Labute approximate surface area is 104 Å². The summed E-state index contributed by atoms with van der Waals surface area (Å²) in [6.45, 7) is 4.28. The van der Waals surface area contributed by atoms with Crippen LogP contribution in [0, 0.1) is 5.92 Å². The molecule has 0 aliphatic rings. The number of hydrazine groups is 1. The Kier molecular flexibility index (Phi) is 4.99. The fourth-order valence-electron chi connectivity index (χ4n) is 0.898. The summed E-state index contributed by atoms with van der Waals surface area (Å²) in [6.07, 6.45) is 0. The summed E-state index contributed by atoms with van der Waals surface area (Å²) in [5.74, 6) is 7.27. The molecule has 1 heterocycles. The van der Waals surface area contributed by atoms with Gasteiger partial charge >= 0.3 is 0 Å². The molecule has 1 aromatic heterocycles. The molecule has 15 heavy (non-hydrogen) atoms. The number of hydrogen-bond acceptors (Lipinski definition) is 4. The Morgan fingerprint density at radius 2 is 2.13 bits per heavy atom. The first-order chi connectivity index (χ1) is 7.04. The number of hydrogen-bond donors (Lipinski definition) is 2. The van der Waals surface area contributed by atoms with Gasteiger partial charge < -0.3 is 5.43 Å². The summed E-state index contributed by atoms with van der Waals surface area (Å²) in [5.41, 5.74) is 2.44. The van der Waals surface area contributed by atoms with Crippen LogP contribution in [0.5, 0.6) is 0 Å². The largest absolute Gasteiger partial charge is 0.307 e. The summed E-state index contributed by atoms with van der Waals surface area (Å²) in [5, 5.41) is 1.74. The maximum Gasteiger partial charge on any atom is 0.160 e. The van der Waals surface area contributed by atoms with E-state index in [2.05, 4.69) is 24.3 Å². The van der Waals surface area contributed by atoms with Gasteiger partial charge in [0.15, 0.2) is 5.82 Å². The third kappa shape index (κ3) is 3.72. The summed E-state index contributed by atoms with van der Waals surface area (Å²) in [7, 11) is 0. The van der Waals surface area contributed by atoms with Crippen LogP contribution in [0.25, 0.3) is 0 Å². The number of nitrogens with zero attached hydrogens (tertiary/aromatic N) is 1. The van der Waals surface area contributed by atoms with E-state index < -0.39 is 0 Å². The molecule has 0 bridgehead atoms. The van der Waals surface area contributed by atoms with E-state index in [1.807, 2.05) is 0 Å². The molecule has 0 amide bonds. The first kappa shape index (κ1) is 12.9. The average Bonchev–Trinajstić information content (AvgIpc) is 2.16. The summed E-state index contributed by atoms with van der Waals surface area (Å²) >= 11 is 13.5. The number of nitrogens with one attached hydrogen (secondary N) is 1. The molecule has 0 radical (unpaired) electrons. The molecular weight excluding hydrogens is 253 g/mol. The van der Waals surface area contributed by atoms with Crippen molar-refractivity contribution in [2.45, 2.75) is 18.9 Å². The fraction of sp³-hybridized carbons (Fsp3) is 0.444. The van der Waals surface area contributed by atoms with Crippen molar-refractivity contribution in [3.63, 3.8) is 0 Å². The molecule has 84 valence electrons. The second kappa shape index (κ2) is 5.80. The Morgan fingerprint density at radius 3 is 2.67 bits per heavy atom. The van der Waals surface area contributed by atoms with E-state index in [9.17, 15) is 0 Å². The highest BCUT2D eigenvalue weighted by molar-refractivity contribution is 7.99. The molecule has 0 unspecified atom stereocenters. The molecule has 1 rings (SSSR count). The summed E-state index contributed by atoms with van der Waals surface area (Å²) in [4.78, 5) is 4.23. The molecule has 1 aromatic rings. The highest BCUT2D eigenvalue weighted by Gasteiger charge is 2.09. The van der Waals surface area contributed by atoms with Crippen LogP contribution in [0.4, 0.5) is 5.82 Å². The predicted octanol–water partition coefficient (Wildman–Crippen LogP) is 3.42. The van der Waals surface area contributed by atoms with Crippen LogP contribution in [-0.4, -0.2) is 10.7 Å². The lowest BCUT2D eigenvalue weighted by Crippen LogP contribution is -2.09. The lowest BCUT2D eigenvalue weighted by Gasteiger charge is -2.09. The number of aromatic nitrogens is 1. The second-order valence-corrected chi connectivity index (χ2v) is 5.28. The van der Waals surface area contributed by atoms with Crippen molar-refractivity contribution < 1.29 is 0 Å². The molecule has 6 heteroatoms. The van der Waals surface area contributed by atoms with Gasteiger partial charge in [-0.1, -0.05) is 37.0 Å². The molecule has 0 aliphatic heterocycles. The van der Waals surface area contributed by atoms with E-state index in [1.165, 1.54) is 0 Å². The van der Waals surface area contributed by atoms with E-state index >= 15 is 0 Å². The molecular formula is C9H13Cl2N3S. The van der Waals surface area contributed by atoms with Crippen LogP contribution in [0.2, 0.25) is 10.0 Å². The van der Waals surface area contributed by atoms with Gasteiger partial charge in [0.2, 0.25) is 0 Å². The summed E-state index contributed by atoms with van der Waals surface area (Å²) in [6, 6.07) is 1.65. The van der Waals surface area contributed by atoms with Crippen molar-refractivity contribution in [1.82, 2.24) is 4.98 Å². The van der Waals surface area contributed by atoms with Crippen LogP contribution in [0.3, 0.4) is 0 Å². The van der Waals surface area contributed by atoms with Crippen molar-refractivity contribution in [3.8, 4) is 0 Å². The van der Waals surface area contributed by atoms with E-state index in [-0.39, 0.29) is 0 Å². The topological polar surface area (TPSA) is 50.9 Å². The standard InChI is InChI=1S/C9H13Cl2N3S/c1-5(2)4-15-9-7(11)3-6(10)8(13-9)14-12/h3,5H,4,12H2,1-2H3,(H,13,14). The van der Waals surface area contributed by atoms with Crippen molar-refractivity contribution >= 4 is 40.8 Å². The zero-order chi connectivity index (χ0) is 11.4. The predicted molar refractivity (Wildman–Crippen MR) is 67.6 cm³/mol. The number of rotatable bonds is 4. The number of thioether (sulfide) groups is 1. The lowest BCUT2D eigenvalue weighted by atomic mass is 10.3. The molecule has 0 saturated heterocycles. The number of nitrogen functional groups attached to an aromatic ring is 1.